The van der Waals surface area contributed by atoms with Gasteiger partial charge >= 0.3 is 0 Å². The number of rotatable bonds is 8. The van der Waals surface area contributed by atoms with E-state index in [9.17, 15) is 18.0 Å². The maximum absolute atomic E-state index is 13.3. The van der Waals surface area contributed by atoms with Crippen LogP contribution >= 0.6 is 15.9 Å². The average Bonchev–Trinajstić information content (AvgIpc) is 2.78. The van der Waals surface area contributed by atoms with E-state index in [1.165, 1.54) is 6.07 Å². The minimum atomic E-state index is -3.85. The van der Waals surface area contributed by atoms with E-state index < -0.39 is 10.0 Å². The van der Waals surface area contributed by atoms with Crippen LogP contribution in [0.3, 0.4) is 0 Å². The van der Waals surface area contributed by atoms with Crippen LogP contribution in [0.1, 0.15) is 43.5 Å². The van der Waals surface area contributed by atoms with Gasteiger partial charge in [0.2, 0.25) is 15.9 Å². The van der Waals surface area contributed by atoms with Crippen molar-refractivity contribution < 1.29 is 18.0 Å². The van der Waals surface area contributed by atoms with Gasteiger partial charge in [-0.05, 0) is 62.6 Å². The fourth-order valence-corrected chi connectivity index (χ4v) is 5.70. The topological polar surface area (TPSA) is 122 Å². The van der Waals surface area contributed by atoms with Crippen LogP contribution in [-0.4, -0.2) is 39.4 Å². The third-order valence-corrected chi connectivity index (χ3v) is 7.91. The molecule has 3 rings (SSSR count). The Morgan fingerprint density at radius 2 is 1.88 bits per heavy atom. The zero-order chi connectivity index (χ0) is 24.2. The number of carbonyl (C=O) groups excluding carboxylic acids is 2. The highest BCUT2D eigenvalue weighted by Crippen LogP contribution is 2.32. The van der Waals surface area contributed by atoms with Gasteiger partial charge in [-0.15, -0.1) is 0 Å². The van der Waals surface area contributed by atoms with Crippen molar-refractivity contribution in [3.8, 4) is 0 Å². The molecule has 2 amide bonds. The second kappa shape index (κ2) is 10.7. The summed E-state index contributed by atoms with van der Waals surface area (Å²) >= 11 is 3.35. The third-order valence-electron chi connectivity index (χ3n) is 5.80. The first-order valence-corrected chi connectivity index (χ1v) is 13.2. The number of hydrogen-bond donors (Lipinski definition) is 3. The lowest BCUT2D eigenvalue weighted by molar-refractivity contribution is -0.122. The summed E-state index contributed by atoms with van der Waals surface area (Å²) in [6.45, 7) is 4.73. The van der Waals surface area contributed by atoms with Gasteiger partial charge in [-0.3, -0.25) is 9.59 Å². The molecule has 1 aliphatic heterocycles. The number of primary amides is 1. The standard InChI is InChI=1S/C23H29BrN4O4S/c1-3-15(2)27-33(31,32)21-14-19(26-23(30)17-5-4-6-18(24)13-17)7-8-20(21)28-11-9-16(10-12-28)22(25)29/h4-8,13-16,27H,3,9-12H2,1-2H3,(H2,25,29)(H,26,30). The van der Waals surface area contributed by atoms with Gasteiger partial charge in [0, 0.05) is 40.8 Å². The maximum Gasteiger partial charge on any atom is 0.255 e. The van der Waals surface area contributed by atoms with E-state index >= 15 is 0 Å². The molecule has 0 aliphatic carbocycles. The first-order chi connectivity index (χ1) is 15.6. The fraction of sp³-hybridized carbons (Fsp3) is 0.391. The van der Waals surface area contributed by atoms with Crippen LogP contribution in [0.4, 0.5) is 11.4 Å². The highest BCUT2D eigenvalue weighted by Gasteiger charge is 2.28. The predicted octanol–water partition coefficient (Wildman–Crippen LogP) is 3.48. The van der Waals surface area contributed by atoms with Gasteiger partial charge < -0.3 is 16.0 Å². The van der Waals surface area contributed by atoms with Crippen LogP contribution < -0.4 is 20.7 Å². The highest BCUT2D eigenvalue weighted by molar-refractivity contribution is 9.10. The maximum atomic E-state index is 13.3. The Morgan fingerprint density at radius 3 is 2.48 bits per heavy atom. The first-order valence-electron chi connectivity index (χ1n) is 10.9. The molecular weight excluding hydrogens is 508 g/mol. The van der Waals surface area contributed by atoms with Crippen molar-refractivity contribution in [2.75, 3.05) is 23.3 Å². The summed E-state index contributed by atoms with van der Waals surface area (Å²) in [6.07, 6.45) is 1.77. The van der Waals surface area contributed by atoms with Crippen molar-refractivity contribution in [3.63, 3.8) is 0 Å². The van der Waals surface area contributed by atoms with E-state index in [1.54, 1.807) is 37.3 Å². The van der Waals surface area contributed by atoms with Crippen LogP contribution in [0.15, 0.2) is 51.8 Å². The first kappa shape index (κ1) is 25.2. The molecule has 178 valence electrons. The second-order valence-electron chi connectivity index (χ2n) is 8.24. The quantitative estimate of drug-likeness (QED) is 0.476. The molecule has 4 N–H and O–H groups in total. The molecule has 10 heteroatoms. The molecule has 0 aromatic heterocycles. The van der Waals surface area contributed by atoms with Crippen molar-refractivity contribution in [2.45, 2.75) is 44.0 Å². The minimum absolute atomic E-state index is 0.0902. The average molecular weight is 537 g/mol. The van der Waals surface area contributed by atoms with Crippen LogP contribution in [-0.2, 0) is 14.8 Å². The summed E-state index contributed by atoms with van der Waals surface area (Å²) in [4.78, 5) is 26.2. The summed E-state index contributed by atoms with van der Waals surface area (Å²) in [5, 5.41) is 2.79. The Hall–Kier alpha value is -2.43. The Balaban J connectivity index is 1.93. The lowest BCUT2D eigenvalue weighted by Gasteiger charge is -2.33. The van der Waals surface area contributed by atoms with Crippen LogP contribution in [0.5, 0.6) is 0 Å². The molecule has 1 saturated heterocycles. The molecule has 1 atom stereocenters. The lowest BCUT2D eigenvalue weighted by atomic mass is 9.96. The van der Waals surface area contributed by atoms with Gasteiger partial charge in [-0.25, -0.2) is 13.1 Å². The zero-order valence-electron chi connectivity index (χ0n) is 18.7. The van der Waals surface area contributed by atoms with Gasteiger partial charge in [0.25, 0.3) is 5.91 Å². The monoisotopic (exact) mass is 536 g/mol. The van der Waals surface area contributed by atoms with Crippen molar-refractivity contribution in [3.05, 3.63) is 52.5 Å². The largest absolute Gasteiger partial charge is 0.370 e. The predicted molar refractivity (Wildman–Crippen MR) is 133 cm³/mol. The van der Waals surface area contributed by atoms with E-state index in [0.717, 1.165) is 4.47 Å². The number of anilines is 2. The van der Waals surface area contributed by atoms with Crippen LogP contribution in [0.25, 0.3) is 0 Å². The van der Waals surface area contributed by atoms with E-state index in [2.05, 4.69) is 26.0 Å². The second-order valence-corrected chi connectivity index (χ2v) is 10.8. The molecule has 2 aromatic rings. The van der Waals surface area contributed by atoms with E-state index in [0.29, 0.717) is 49.3 Å². The van der Waals surface area contributed by atoms with Crippen molar-refractivity contribution >= 4 is 49.1 Å². The number of benzene rings is 2. The minimum Gasteiger partial charge on any atom is -0.370 e. The number of halogens is 1. The summed E-state index contributed by atoms with van der Waals surface area (Å²) in [7, 11) is -3.85. The SMILES string of the molecule is CCC(C)NS(=O)(=O)c1cc(NC(=O)c2cccc(Br)c2)ccc1N1CCC(C(N)=O)CC1. The Kier molecular flexibility index (Phi) is 8.14. The van der Waals surface area contributed by atoms with Gasteiger partial charge in [-0.1, -0.05) is 28.9 Å². The normalized spacial score (nSPS) is 15.8. The molecule has 2 aromatic carbocycles. The third kappa shape index (κ3) is 6.33. The number of nitrogens with one attached hydrogen (secondary N) is 2. The summed E-state index contributed by atoms with van der Waals surface area (Å²) < 4.78 is 30.0. The fourth-order valence-electron chi connectivity index (χ4n) is 3.72. The molecule has 0 saturated carbocycles. The van der Waals surface area contributed by atoms with E-state index in [4.69, 9.17) is 5.73 Å². The lowest BCUT2D eigenvalue weighted by Crippen LogP contribution is -2.40. The number of carbonyl (C=O) groups is 2. The van der Waals surface area contributed by atoms with Crippen molar-refractivity contribution in [1.29, 1.82) is 0 Å². The molecule has 33 heavy (non-hydrogen) atoms. The highest BCUT2D eigenvalue weighted by atomic mass is 79.9. The van der Waals surface area contributed by atoms with Crippen molar-refractivity contribution in [2.24, 2.45) is 11.7 Å². The molecule has 0 spiro atoms. The summed E-state index contributed by atoms with van der Waals surface area (Å²) in [6, 6.07) is 11.6. The van der Waals surface area contributed by atoms with Crippen molar-refractivity contribution in [1.82, 2.24) is 4.72 Å². The van der Waals surface area contributed by atoms with Crippen LogP contribution in [0, 0.1) is 5.92 Å². The number of nitrogens with two attached hydrogens (primary N) is 1. The molecule has 0 radical (unpaired) electrons. The number of piperidine rings is 1. The zero-order valence-corrected chi connectivity index (χ0v) is 21.1. The molecule has 1 fully saturated rings. The van der Waals surface area contributed by atoms with Gasteiger partial charge in [-0.2, -0.15) is 0 Å². The van der Waals surface area contributed by atoms with Gasteiger partial charge in [0.1, 0.15) is 4.90 Å². The Morgan fingerprint density at radius 1 is 1.18 bits per heavy atom. The summed E-state index contributed by atoms with van der Waals surface area (Å²) in [5.74, 6) is -0.876. The summed E-state index contributed by atoms with van der Waals surface area (Å²) in [5.41, 5.74) is 6.80. The number of nitrogens with zero attached hydrogens (tertiary/aromatic N) is 1. The van der Waals surface area contributed by atoms with E-state index in [-0.39, 0.29) is 28.7 Å². The van der Waals surface area contributed by atoms with Crippen LogP contribution in [0.2, 0.25) is 0 Å². The number of sulfonamides is 1. The number of hydrogen-bond acceptors (Lipinski definition) is 5. The molecule has 8 nitrogen and oxygen atoms in total. The molecule has 0 bridgehead atoms. The molecule has 1 aliphatic rings. The smallest absolute Gasteiger partial charge is 0.255 e. The molecule has 1 unspecified atom stereocenters. The molecular formula is C23H29BrN4O4S. The Labute approximate surface area is 203 Å². The number of amides is 2. The van der Waals surface area contributed by atoms with Gasteiger partial charge in [0.05, 0.1) is 5.69 Å². The Bertz CT molecular complexity index is 1130. The van der Waals surface area contributed by atoms with Gasteiger partial charge in [0.15, 0.2) is 0 Å². The van der Waals surface area contributed by atoms with E-state index in [1.807, 2.05) is 17.9 Å². The molecule has 1 heterocycles.